The Morgan fingerprint density at radius 3 is 2.83 bits per heavy atom. The largest absolute Gasteiger partial charge is 0.296 e. The number of nitrogens with zero attached hydrogens (tertiary/aromatic N) is 2. The number of carbonyl (C=O) groups is 1. The van der Waals surface area contributed by atoms with Gasteiger partial charge in [0.25, 0.3) is 5.91 Å². The van der Waals surface area contributed by atoms with Gasteiger partial charge in [-0.2, -0.15) is 0 Å². The fourth-order valence-corrected chi connectivity index (χ4v) is 3.95. The highest BCUT2D eigenvalue weighted by Gasteiger charge is 2.10. The molecule has 2 heterocycles. The van der Waals surface area contributed by atoms with Gasteiger partial charge in [0, 0.05) is 5.75 Å². The van der Waals surface area contributed by atoms with Crippen molar-refractivity contribution in [3.8, 4) is 0 Å². The molecule has 3 rings (SSSR count). The van der Waals surface area contributed by atoms with Gasteiger partial charge in [0.05, 0.1) is 4.88 Å². The second kappa shape index (κ2) is 8.05. The van der Waals surface area contributed by atoms with Crippen LogP contribution in [0, 0.1) is 0 Å². The summed E-state index contributed by atoms with van der Waals surface area (Å²) in [6.45, 7) is 0. The number of thiophene rings is 1. The summed E-state index contributed by atoms with van der Waals surface area (Å²) in [5.41, 5.74) is 1.18. The van der Waals surface area contributed by atoms with Crippen molar-refractivity contribution in [3.05, 3.63) is 64.4 Å². The van der Waals surface area contributed by atoms with Gasteiger partial charge in [-0.1, -0.05) is 71.6 Å². The molecule has 0 aliphatic carbocycles. The van der Waals surface area contributed by atoms with Gasteiger partial charge in [-0.05, 0) is 17.0 Å². The fraction of sp³-hybridized carbons (Fsp3) is 0.0625. The summed E-state index contributed by atoms with van der Waals surface area (Å²) in [7, 11) is 0. The van der Waals surface area contributed by atoms with E-state index in [0.717, 1.165) is 10.1 Å². The number of anilines is 1. The molecule has 0 bridgehead atoms. The standard InChI is InChI=1S/C16H13N3OS3/c20-14(13-9-5-10-21-13)17-15-18-19-16(23-15)22-11-4-8-12-6-2-1-3-7-12/h1-10H,11H2,(H,17,18,20)/b8-4+. The molecule has 0 aliphatic heterocycles. The van der Waals surface area contributed by atoms with Crippen LogP contribution in [0.2, 0.25) is 0 Å². The third-order valence-corrected chi connectivity index (χ3v) is 5.58. The molecule has 116 valence electrons. The Morgan fingerprint density at radius 2 is 2.04 bits per heavy atom. The van der Waals surface area contributed by atoms with E-state index in [4.69, 9.17) is 0 Å². The summed E-state index contributed by atoms with van der Waals surface area (Å²) in [6.07, 6.45) is 4.17. The monoisotopic (exact) mass is 359 g/mol. The summed E-state index contributed by atoms with van der Waals surface area (Å²) in [5.74, 6) is 0.666. The molecule has 0 saturated heterocycles. The lowest BCUT2D eigenvalue weighted by Crippen LogP contribution is -2.09. The molecule has 2 aromatic heterocycles. The average Bonchev–Trinajstić information content (AvgIpc) is 3.24. The van der Waals surface area contributed by atoms with Crippen molar-refractivity contribution >= 4 is 51.6 Å². The Balaban J connectivity index is 1.49. The molecule has 0 unspecified atom stereocenters. The van der Waals surface area contributed by atoms with Crippen molar-refractivity contribution in [2.24, 2.45) is 0 Å². The normalized spacial score (nSPS) is 11.0. The SMILES string of the molecule is O=C(Nc1nnc(SC/C=C/c2ccccc2)s1)c1cccs1. The lowest BCUT2D eigenvalue weighted by atomic mass is 10.2. The van der Waals surface area contributed by atoms with Crippen LogP contribution in [-0.4, -0.2) is 21.9 Å². The molecule has 0 radical (unpaired) electrons. The molecule has 0 fully saturated rings. The molecule has 0 aliphatic rings. The van der Waals surface area contributed by atoms with Gasteiger partial charge in [-0.15, -0.1) is 21.5 Å². The summed E-state index contributed by atoms with van der Waals surface area (Å²) in [6, 6.07) is 13.8. The van der Waals surface area contributed by atoms with Gasteiger partial charge in [-0.25, -0.2) is 0 Å². The molecule has 1 amide bonds. The summed E-state index contributed by atoms with van der Waals surface area (Å²) < 4.78 is 0.837. The number of aromatic nitrogens is 2. The number of nitrogens with one attached hydrogen (secondary N) is 1. The van der Waals surface area contributed by atoms with Gasteiger partial charge in [0.2, 0.25) is 5.13 Å². The maximum absolute atomic E-state index is 11.9. The van der Waals surface area contributed by atoms with E-state index in [1.54, 1.807) is 17.8 Å². The van der Waals surface area contributed by atoms with Crippen LogP contribution < -0.4 is 5.32 Å². The molecular formula is C16H13N3OS3. The van der Waals surface area contributed by atoms with Crippen LogP contribution in [0.4, 0.5) is 5.13 Å². The van der Waals surface area contributed by atoms with Crippen molar-refractivity contribution < 1.29 is 4.79 Å². The van der Waals surface area contributed by atoms with Gasteiger partial charge in [-0.3, -0.25) is 10.1 Å². The van der Waals surface area contributed by atoms with E-state index in [0.29, 0.717) is 10.0 Å². The average molecular weight is 360 g/mol. The Kier molecular flexibility index (Phi) is 5.57. The van der Waals surface area contributed by atoms with Crippen LogP contribution in [0.5, 0.6) is 0 Å². The number of thioether (sulfide) groups is 1. The number of rotatable bonds is 6. The fourth-order valence-electron chi connectivity index (χ4n) is 1.75. The van der Waals surface area contributed by atoms with Gasteiger partial charge < -0.3 is 0 Å². The van der Waals surface area contributed by atoms with Crippen LogP contribution in [0.3, 0.4) is 0 Å². The third kappa shape index (κ3) is 4.75. The highest BCUT2D eigenvalue weighted by Crippen LogP contribution is 2.26. The minimum atomic E-state index is -0.142. The zero-order valence-electron chi connectivity index (χ0n) is 12.0. The lowest BCUT2D eigenvalue weighted by molar-refractivity contribution is 0.103. The molecule has 0 atom stereocenters. The summed E-state index contributed by atoms with van der Waals surface area (Å²) in [4.78, 5) is 12.6. The Labute approximate surface area is 146 Å². The molecule has 1 N–H and O–H groups in total. The minimum absolute atomic E-state index is 0.142. The molecule has 1 aromatic carbocycles. The number of carbonyl (C=O) groups excluding carboxylic acids is 1. The summed E-state index contributed by atoms with van der Waals surface area (Å²) >= 11 is 4.38. The van der Waals surface area contributed by atoms with Gasteiger partial charge in [0.1, 0.15) is 0 Å². The number of hydrogen-bond donors (Lipinski definition) is 1. The van der Waals surface area contributed by atoms with Gasteiger partial charge >= 0.3 is 0 Å². The van der Waals surface area contributed by atoms with E-state index >= 15 is 0 Å². The molecular weight excluding hydrogens is 346 g/mol. The smallest absolute Gasteiger partial charge is 0.267 e. The molecule has 0 saturated carbocycles. The highest BCUT2D eigenvalue weighted by atomic mass is 32.2. The molecule has 4 nitrogen and oxygen atoms in total. The number of amides is 1. The minimum Gasteiger partial charge on any atom is -0.296 e. The van der Waals surface area contributed by atoms with E-state index < -0.39 is 0 Å². The van der Waals surface area contributed by atoms with Crippen LogP contribution >= 0.6 is 34.4 Å². The van der Waals surface area contributed by atoms with Gasteiger partial charge in [0.15, 0.2) is 4.34 Å². The zero-order valence-corrected chi connectivity index (χ0v) is 14.5. The van der Waals surface area contributed by atoms with E-state index in [-0.39, 0.29) is 5.91 Å². The van der Waals surface area contributed by atoms with Crippen LogP contribution in [-0.2, 0) is 0 Å². The maximum Gasteiger partial charge on any atom is 0.267 e. The third-order valence-electron chi connectivity index (χ3n) is 2.78. The van der Waals surface area contributed by atoms with Crippen molar-refractivity contribution in [3.63, 3.8) is 0 Å². The van der Waals surface area contributed by atoms with Crippen LogP contribution in [0.15, 0.2) is 58.3 Å². The number of hydrogen-bond acceptors (Lipinski definition) is 6. The topological polar surface area (TPSA) is 54.9 Å². The van der Waals surface area contributed by atoms with Crippen molar-refractivity contribution in [1.82, 2.24) is 10.2 Å². The summed E-state index contributed by atoms with van der Waals surface area (Å²) in [5, 5.41) is 13.2. The van der Waals surface area contributed by atoms with E-state index in [9.17, 15) is 4.79 Å². The zero-order chi connectivity index (χ0) is 15.9. The van der Waals surface area contributed by atoms with Crippen LogP contribution in [0.25, 0.3) is 6.08 Å². The number of benzene rings is 1. The first-order chi connectivity index (χ1) is 11.3. The first-order valence-corrected chi connectivity index (χ1v) is 9.52. The second-order valence-electron chi connectivity index (χ2n) is 4.43. The van der Waals surface area contributed by atoms with E-state index in [1.807, 2.05) is 29.6 Å². The first-order valence-electron chi connectivity index (χ1n) is 6.84. The predicted molar refractivity (Wildman–Crippen MR) is 98.4 cm³/mol. The first kappa shape index (κ1) is 15.9. The van der Waals surface area contributed by atoms with Crippen LogP contribution in [0.1, 0.15) is 15.2 Å². The van der Waals surface area contributed by atoms with Crippen molar-refractivity contribution in [2.75, 3.05) is 11.1 Å². The Hall–Kier alpha value is -1.96. The maximum atomic E-state index is 11.9. The molecule has 7 heteroatoms. The van der Waals surface area contributed by atoms with E-state index in [2.05, 4.69) is 39.8 Å². The Bertz CT molecular complexity index is 782. The predicted octanol–water partition coefficient (Wildman–Crippen LogP) is 4.66. The quantitative estimate of drug-likeness (QED) is 0.514. The van der Waals surface area contributed by atoms with E-state index in [1.165, 1.54) is 28.2 Å². The van der Waals surface area contributed by atoms with Crippen molar-refractivity contribution in [1.29, 1.82) is 0 Å². The Morgan fingerprint density at radius 1 is 1.17 bits per heavy atom. The van der Waals surface area contributed by atoms with Crippen molar-refractivity contribution in [2.45, 2.75) is 4.34 Å². The lowest BCUT2D eigenvalue weighted by Gasteiger charge is -1.96. The second-order valence-corrected chi connectivity index (χ2v) is 7.62. The molecule has 3 aromatic rings. The molecule has 23 heavy (non-hydrogen) atoms. The highest BCUT2D eigenvalue weighted by molar-refractivity contribution is 8.01. The molecule has 0 spiro atoms.